The van der Waals surface area contributed by atoms with Gasteiger partial charge in [-0.15, -0.1) is 0 Å². The highest BCUT2D eigenvalue weighted by atomic mass is 35.5. The predicted molar refractivity (Wildman–Crippen MR) is 118 cm³/mol. The van der Waals surface area contributed by atoms with Crippen LogP contribution in [0.5, 0.6) is 5.75 Å². The monoisotopic (exact) mass is 442 g/mol. The van der Waals surface area contributed by atoms with Crippen molar-refractivity contribution in [3.8, 4) is 17.0 Å². The highest BCUT2D eigenvalue weighted by Crippen LogP contribution is 2.34. The first kappa shape index (κ1) is 20.2. The maximum absolute atomic E-state index is 12.2. The molecule has 2 aromatic carbocycles. The van der Waals surface area contributed by atoms with Gasteiger partial charge in [0.25, 0.3) is 0 Å². The van der Waals surface area contributed by atoms with Crippen LogP contribution < -0.4 is 10.1 Å². The van der Waals surface area contributed by atoms with E-state index < -0.39 is 6.09 Å². The number of methoxy groups -OCH3 is 1. The Hall–Kier alpha value is -3.10. The fourth-order valence-corrected chi connectivity index (χ4v) is 3.90. The number of aryl methyl sites for hydroxylation is 1. The Balaban J connectivity index is 1.39. The summed E-state index contributed by atoms with van der Waals surface area (Å²) in [7, 11) is 1.57. The Labute approximate surface area is 182 Å². The minimum Gasteiger partial charge on any atom is -0.496 e. The van der Waals surface area contributed by atoms with E-state index in [4.69, 9.17) is 21.1 Å². The average Bonchev–Trinajstić information content (AvgIpc) is 3.38. The number of fused-ring (bicyclic) bond motifs is 1. The van der Waals surface area contributed by atoms with Crippen molar-refractivity contribution in [2.24, 2.45) is 0 Å². The van der Waals surface area contributed by atoms with Crippen molar-refractivity contribution in [1.29, 1.82) is 0 Å². The van der Waals surface area contributed by atoms with E-state index in [-0.39, 0.29) is 6.61 Å². The molecule has 0 atom stereocenters. The number of amides is 1. The number of nitrogens with zero attached hydrogens (tertiary/aromatic N) is 3. The van der Waals surface area contributed by atoms with Crippen molar-refractivity contribution in [2.45, 2.75) is 20.1 Å². The van der Waals surface area contributed by atoms with Gasteiger partial charge in [0.2, 0.25) is 0 Å². The van der Waals surface area contributed by atoms with Crippen LogP contribution in [0, 0.1) is 0 Å². The SMILES string of the molecule is CCn1ncc2cc(COC(=O)Nc3cc(-c4ccc(Cl)cc4OC)ns3)ccc21. The lowest BCUT2D eigenvalue weighted by Crippen LogP contribution is -2.12. The molecule has 4 rings (SSSR count). The zero-order valence-electron chi connectivity index (χ0n) is 16.4. The number of benzene rings is 2. The van der Waals surface area contributed by atoms with Crippen LogP contribution in [-0.4, -0.2) is 27.4 Å². The van der Waals surface area contributed by atoms with Gasteiger partial charge in [-0.25, -0.2) is 4.79 Å². The largest absolute Gasteiger partial charge is 0.496 e. The fourth-order valence-electron chi connectivity index (χ4n) is 3.10. The van der Waals surface area contributed by atoms with Crippen LogP contribution >= 0.6 is 23.1 Å². The molecule has 0 fully saturated rings. The molecule has 7 nitrogen and oxygen atoms in total. The van der Waals surface area contributed by atoms with Crippen LogP contribution in [0.4, 0.5) is 9.80 Å². The van der Waals surface area contributed by atoms with Gasteiger partial charge in [0.15, 0.2) is 0 Å². The van der Waals surface area contributed by atoms with Gasteiger partial charge in [0, 0.05) is 28.6 Å². The smallest absolute Gasteiger partial charge is 0.412 e. The first-order chi connectivity index (χ1) is 14.6. The summed E-state index contributed by atoms with van der Waals surface area (Å²) in [6.07, 6.45) is 1.27. The second-order valence-corrected chi connectivity index (χ2v) is 7.72. The summed E-state index contributed by atoms with van der Waals surface area (Å²) in [5.74, 6) is 0.615. The van der Waals surface area contributed by atoms with Crippen molar-refractivity contribution < 1.29 is 14.3 Å². The summed E-state index contributed by atoms with van der Waals surface area (Å²) in [6.45, 7) is 3.01. The maximum Gasteiger partial charge on any atom is 0.412 e. The molecule has 0 unspecified atom stereocenters. The van der Waals surface area contributed by atoms with E-state index in [1.54, 1.807) is 25.3 Å². The Bertz CT molecular complexity index is 1200. The first-order valence-electron chi connectivity index (χ1n) is 9.26. The molecule has 0 saturated carbocycles. The van der Waals surface area contributed by atoms with E-state index in [0.717, 1.165) is 40.1 Å². The molecule has 30 heavy (non-hydrogen) atoms. The number of hydrogen-bond donors (Lipinski definition) is 1. The molecule has 1 amide bonds. The quantitative estimate of drug-likeness (QED) is 0.421. The van der Waals surface area contributed by atoms with E-state index in [1.165, 1.54) is 0 Å². The lowest BCUT2D eigenvalue weighted by molar-refractivity contribution is 0.155. The molecule has 1 N–H and O–H groups in total. The molecular formula is C21H19ClN4O3S. The highest BCUT2D eigenvalue weighted by molar-refractivity contribution is 7.10. The van der Waals surface area contributed by atoms with Gasteiger partial charge in [-0.3, -0.25) is 10.00 Å². The van der Waals surface area contributed by atoms with Crippen LogP contribution in [0.2, 0.25) is 5.02 Å². The third-order valence-electron chi connectivity index (χ3n) is 4.55. The summed E-state index contributed by atoms with van der Waals surface area (Å²) in [4.78, 5) is 12.2. The third-order valence-corrected chi connectivity index (χ3v) is 5.49. The van der Waals surface area contributed by atoms with Crippen molar-refractivity contribution in [2.75, 3.05) is 12.4 Å². The van der Waals surface area contributed by atoms with Crippen molar-refractivity contribution in [1.82, 2.24) is 14.2 Å². The lowest BCUT2D eigenvalue weighted by atomic mass is 10.1. The van der Waals surface area contributed by atoms with Crippen LogP contribution in [0.3, 0.4) is 0 Å². The average molecular weight is 443 g/mol. The van der Waals surface area contributed by atoms with Crippen molar-refractivity contribution in [3.05, 3.63) is 59.2 Å². The Kier molecular flexibility index (Phi) is 5.87. The topological polar surface area (TPSA) is 78.3 Å². The predicted octanol–water partition coefficient (Wildman–Crippen LogP) is 5.59. The molecule has 0 aliphatic carbocycles. The van der Waals surface area contributed by atoms with Crippen LogP contribution in [0.25, 0.3) is 22.2 Å². The molecule has 2 heterocycles. The lowest BCUT2D eigenvalue weighted by Gasteiger charge is -2.06. The van der Waals surface area contributed by atoms with Crippen LogP contribution in [0.1, 0.15) is 12.5 Å². The number of ether oxygens (including phenoxy) is 2. The van der Waals surface area contributed by atoms with Gasteiger partial charge in [-0.2, -0.15) is 9.47 Å². The highest BCUT2D eigenvalue weighted by Gasteiger charge is 2.13. The molecule has 0 bridgehead atoms. The number of aromatic nitrogens is 3. The number of nitrogens with one attached hydrogen (secondary N) is 1. The number of anilines is 1. The Morgan fingerprint density at radius 3 is 2.90 bits per heavy atom. The number of carbonyl (C=O) groups is 1. The normalized spacial score (nSPS) is 10.9. The first-order valence-corrected chi connectivity index (χ1v) is 10.4. The molecule has 0 spiro atoms. The summed E-state index contributed by atoms with van der Waals surface area (Å²) < 4.78 is 17.0. The van der Waals surface area contributed by atoms with Crippen molar-refractivity contribution >= 4 is 45.1 Å². The number of halogens is 1. The summed E-state index contributed by atoms with van der Waals surface area (Å²) >= 11 is 7.17. The maximum atomic E-state index is 12.2. The zero-order valence-corrected chi connectivity index (χ0v) is 18.0. The van der Waals surface area contributed by atoms with Gasteiger partial charge in [0.1, 0.15) is 17.4 Å². The second-order valence-electron chi connectivity index (χ2n) is 6.48. The van der Waals surface area contributed by atoms with E-state index in [9.17, 15) is 4.79 Å². The molecule has 0 saturated heterocycles. The summed E-state index contributed by atoms with van der Waals surface area (Å²) in [6, 6.07) is 13.0. The zero-order chi connectivity index (χ0) is 21.1. The number of rotatable bonds is 6. The van der Waals surface area contributed by atoms with Crippen LogP contribution in [-0.2, 0) is 17.9 Å². The van der Waals surface area contributed by atoms with Gasteiger partial charge < -0.3 is 9.47 Å². The fraction of sp³-hybridized carbons (Fsp3) is 0.190. The third kappa shape index (κ3) is 4.24. The molecule has 2 aromatic heterocycles. The second kappa shape index (κ2) is 8.73. The van der Waals surface area contributed by atoms with Gasteiger partial charge in [-0.05, 0) is 54.4 Å². The van der Waals surface area contributed by atoms with Crippen molar-refractivity contribution in [3.63, 3.8) is 0 Å². The van der Waals surface area contributed by atoms with Gasteiger partial charge >= 0.3 is 6.09 Å². The minimum absolute atomic E-state index is 0.162. The minimum atomic E-state index is -0.544. The molecule has 154 valence electrons. The number of hydrogen-bond acceptors (Lipinski definition) is 6. The molecular weight excluding hydrogens is 424 g/mol. The van der Waals surface area contributed by atoms with E-state index in [2.05, 4.69) is 14.8 Å². The molecule has 0 aliphatic rings. The molecule has 4 aromatic rings. The molecule has 0 aliphatic heterocycles. The van der Waals surface area contributed by atoms with E-state index in [0.29, 0.717) is 21.5 Å². The van der Waals surface area contributed by atoms with E-state index in [1.807, 2.05) is 42.1 Å². The summed E-state index contributed by atoms with van der Waals surface area (Å²) in [5.41, 5.74) is 3.42. The molecule has 9 heteroatoms. The van der Waals surface area contributed by atoms with Crippen LogP contribution in [0.15, 0.2) is 48.7 Å². The van der Waals surface area contributed by atoms with Gasteiger partial charge in [0.05, 0.1) is 24.5 Å². The van der Waals surface area contributed by atoms with E-state index >= 15 is 0 Å². The Morgan fingerprint density at radius 2 is 2.10 bits per heavy atom. The Morgan fingerprint density at radius 1 is 1.23 bits per heavy atom. The van der Waals surface area contributed by atoms with Gasteiger partial charge in [-0.1, -0.05) is 17.7 Å². The summed E-state index contributed by atoms with van der Waals surface area (Å²) in [5, 5.41) is 9.21. The standard InChI is InChI=1S/C21H19ClN4O3S/c1-3-26-18-7-4-13(8-14(18)11-23-26)12-29-21(27)24-20-10-17(25-30-20)16-6-5-15(22)9-19(16)28-2/h4-11H,3,12H2,1-2H3,(H,24,27). The molecule has 0 radical (unpaired) electrons. The number of carbonyl (C=O) groups excluding carboxylic acids is 1.